The number of benzene rings is 4. The Hall–Kier alpha value is -4.12. The van der Waals surface area contributed by atoms with E-state index < -0.39 is 0 Å². The molecule has 0 saturated carbocycles. The number of hydrogen-bond donors (Lipinski definition) is 3. The summed E-state index contributed by atoms with van der Waals surface area (Å²) in [5, 5.41) is 30.4. The summed E-state index contributed by atoms with van der Waals surface area (Å²) < 4.78 is 6.11. The maximum atomic E-state index is 10.2. The molecule has 4 aromatic carbocycles. The fraction of sp³-hybridized carbons (Fsp3) is 0.200. The van der Waals surface area contributed by atoms with Crippen molar-refractivity contribution in [1.29, 1.82) is 0 Å². The lowest BCUT2D eigenvalue weighted by Gasteiger charge is -2.29. The predicted molar refractivity (Wildman–Crippen MR) is 141 cm³/mol. The summed E-state index contributed by atoms with van der Waals surface area (Å²) in [5.74, 6) is 2.14. The van der Waals surface area contributed by atoms with Crippen molar-refractivity contribution < 1.29 is 20.1 Å². The molecule has 0 saturated heterocycles. The third-order valence-corrected chi connectivity index (χ3v) is 6.54. The highest BCUT2D eigenvalue weighted by Gasteiger charge is 2.19. The second-order valence-electron chi connectivity index (χ2n) is 9.11. The molecule has 180 valence electrons. The first kappa shape index (κ1) is 24.0. The van der Waals surface area contributed by atoms with Gasteiger partial charge in [0.1, 0.15) is 28.7 Å². The van der Waals surface area contributed by atoms with Crippen LogP contribution in [0, 0.1) is 41.5 Å². The average molecular weight is 470 g/mol. The molecule has 0 spiro atoms. The van der Waals surface area contributed by atoms with E-state index in [1.165, 1.54) is 0 Å². The molecule has 35 heavy (non-hydrogen) atoms. The van der Waals surface area contributed by atoms with Crippen LogP contribution in [0.5, 0.6) is 28.7 Å². The zero-order valence-corrected chi connectivity index (χ0v) is 21.0. The minimum absolute atomic E-state index is 0.250. The smallest absolute Gasteiger partial charge is 0.130 e. The SMILES string of the molecule is Cc1cc(N(c2ccc(Oc3ccc(O)c(C)c3C)cc2)c2cc(C)c(O)cc2C)c(C)cc1O. The summed E-state index contributed by atoms with van der Waals surface area (Å²) in [4.78, 5) is 2.13. The van der Waals surface area contributed by atoms with Gasteiger partial charge in [0, 0.05) is 17.1 Å². The first-order valence-corrected chi connectivity index (χ1v) is 11.5. The molecule has 4 rings (SSSR count). The van der Waals surface area contributed by atoms with E-state index >= 15 is 0 Å². The third kappa shape index (κ3) is 4.62. The van der Waals surface area contributed by atoms with Crippen LogP contribution in [0.2, 0.25) is 0 Å². The van der Waals surface area contributed by atoms with Crippen LogP contribution in [0.1, 0.15) is 33.4 Å². The summed E-state index contributed by atoms with van der Waals surface area (Å²) in [5.41, 5.74) is 7.88. The number of aryl methyl sites for hydroxylation is 4. The van der Waals surface area contributed by atoms with Crippen LogP contribution in [-0.4, -0.2) is 15.3 Å². The van der Waals surface area contributed by atoms with Gasteiger partial charge in [-0.1, -0.05) is 0 Å². The van der Waals surface area contributed by atoms with Crippen LogP contribution in [0.3, 0.4) is 0 Å². The zero-order chi connectivity index (χ0) is 25.4. The van der Waals surface area contributed by atoms with E-state index in [0.29, 0.717) is 11.5 Å². The van der Waals surface area contributed by atoms with Crippen LogP contribution in [0.15, 0.2) is 60.7 Å². The molecule has 0 aliphatic rings. The quantitative estimate of drug-likeness (QED) is 0.277. The average Bonchev–Trinajstić information content (AvgIpc) is 2.82. The van der Waals surface area contributed by atoms with E-state index in [9.17, 15) is 15.3 Å². The molecule has 0 amide bonds. The van der Waals surface area contributed by atoms with Crippen LogP contribution < -0.4 is 9.64 Å². The number of phenols is 3. The van der Waals surface area contributed by atoms with E-state index in [1.54, 1.807) is 24.3 Å². The van der Waals surface area contributed by atoms with Gasteiger partial charge < -0.3 is 25.0 Å². The maximum absolute atomic E-state index is 10.2. The Kier molecular flexibility index (Phi) is 6.35. The Labute approximate surface area is 206 Å². The molecule has 0 radical (unpaired) electrons. The highest BCUT2D eigenvalue weighted by molar-refractivity contribution is 5.82. The molecule has 0 aromatic heterocycles. The molecule has 0 aliphatic carbocycles. The number of phenolic OH excluding ortho intramolecular Hbond substituents is 3. The second-order valence-corrected chi connectivity index (χ2v) is 9.11. The van der Waals surface area contributed by atoms with E-state index in [0.717, 1.165) is 50.4 Å². The molecule has 0 bridgehead atoms. The molecular formula is C30H31NO4. The predicted octanol–water partition coefficient (Wildman–Crippen LogP) is 7.92. The van der Waals surface area contributed by atoms with Crippen molar-refractivity contribution in [3.63, 3.8) is 0 Å². The van der Waals surface area contributed by atoms with Crippen LogP contribution in [0.25, 0.3) is 0 Å². The van der Waals surface area contributed by atoms with E-state index in [2.05, 4.69) is 4.90 Å². The fourth-order valence-corrected chi connectivity index (χ4v) is 4.14. The van der Waals surface area contributed by atoms with Gasteiger partial charge in [0.25, 0.3) is 0 Å². The number of nitrogens with zero attached hydrogens (tertiary/aromatic N) is 1. The van der Waals surface area contributed by atoms with Crippen LogP contribution in [-0.2, 0) is 0 Å². The molecule has 0 aliphatic heterocycles. The normalized spacial score (nSPS) is 10.9. The summed E-state index contributed by atoms with van der Waals surface area (Å²) in [6.45, 7) is 11.5. The van der Waals surface area contributed by atoms with Gasteiger partial charge in [-0.15, -0.1) is 0 Å². The maximum Gasteiger partial charge on any atom is 0.130 e. The fourth-order valence-electron chi connectivity index (χ4n) is 4.14. The molecule has 0 unspecified atom stereocenters. The van der Waals surface area contributed by atoms with E-state index in [1.807, 2.05) is 77.9 Å². The second kappa shape index (κ2) is 9.26. The van der Waals surface area contributed by atoms with Gasteiger partial charge in [-0.3, -0.25) is 0 Å². The lowest BCUT2D eigenvalue weighted by Crippen LogP contribution is -2.13. The Morgan fingerprint density at radius 3 is 1.57 bits per heavy atom. The first-order chi connectivity index (χ1) is 16.6. The van der Waals surface area contributed by atoms with Gasteiger partial charge in [-0.05, 0) is 136 Å². The van der Waals surface area contributed by atoms with Crippen molar-refractivity contribution in [2.75, 3.05) is 4.90 Å². The summed E-state index contributed by atoms with van der Waals surface area (Å²) in [7, 11) is 0. The van der Waals surface area contributed by atoms with Gasteiger partial charge in [0.15, 0.2) is 0 Å². The Bertz CT molecular complexity index is 1350. The van der Waals surface area contributed by atoms with Crippen molar-refractivity contribution in [2.45, 2.75) is 41.5 Å². The van der Waals surface area contributed by atoms with E-state index in [4.69, 9.17) is 4.74 Å². The monoisotopic (exact) mass is 469 g/mol. The van der Waals surface area contributed by atoms with Crippen molar-refractivity contribution in [1.82, 2.24) is 0 Å². The lowest BCUT2D eigenvalue weighted by molar-refractivity contribution is 0.457. The number of ether oxygens (including phenoxy) is 1. The molecule has 3 N–H and O–H groups in total. The van der Waals surface area contributed by atoms with Gasteiger partial charge in [-0.2, -0.15) is 0 Å². The molecule has 0 atom stereocenters. The number of rotatable bonds is 5. The van der Waals surface area contributed by atoms with Gasteiger partial charge in [0.2, 0.25) is 0 Å². The first-order valence-electron chi connectivity index (χ1n) is 11.5. The van der Waals surface area contributed by atoms with Crippen molar-refractivity contribution in [3.8, 4) is 28.7 Å². The summed E-state index contributed by atoms with van der Waals surface area (Å²) >= 11 is 0. The highest BCUT2D eigenvalue weighted by Crippen LogP contribution is 2.42. The zero-order valence-electron chi connectivity index (χ0n) is 21.0. The standard InChI is InChI=1S/C30H31NO4/c1-17-15-28(33)19(3)13-25(17)31(26-14-20(4)29(34)16-18(26)2)23-7-9-24(10-8-23)35-30-12-11-27(32)21(5)22(30)6/h7-16,32-34H,1-6H3. The number of anilines is 3. The van der Waals surface area contributed by atoms with Gasteiger partial charge in [0.05, 0.1) is 0 Å². The minimum atomic E-state index is 0.250. The number of aromatic hydroxyl groups is 3. The summed E-state index contributed by atoms with van der Waals surface area (Å²) in [6.07, 6.45) is 0. The topological polar surface area (TPSA) is 73.2 Å². The minimum Gasteiger partial charge on any atom is -0.508 e. The third-order valence-electron chi connectivity index (χ3n) is 6.54. The molecule has 0 heterocycles. The Morgan fingerprint density at radius 2 is 1.06 bits per heavy atom. The van der Waals surface area contributed by atoms with Crippen LogP contribution >= 0.6 is 0 Å². The van der Waals surface area contributed by atoms with Crippen molar-refractivity contribution in [3.05, 3.63) is 94.0 Å². The van der Waals surface area contributed by atoms with Crippen LogP contribution in [0.4, 0.5) is 17.1 Å². The summed E-state index contributed by atoms with van der Waals surface area (Å²) in [6, 6.07) is 18.7. The van der Waals surface area contributed by atoms with Crippen molar-refractivity contribution >= 4 is 17.1 Å². The molecule has 0 fully saturated rings. The van der Waals surface area contributed by atoms with Gasteiger partial charge in [-0.25, -0.2) is 0 Å². The molecule has 4 aromatic rings. The lowest BCUT2D eigenvalue weighted by atomic mass is 10.0. The molecule has 5 nitrogen and oxygen atoms in total. The van der Waals surface area contributed by atoms with Gasteiger partial charge >= 0.3 is 0 Å². The largest absolute Gasteiger partial charge is 0.508 e. The van der Waals surface area contributed by atoms with E-state index in [-0.39, 0.29) is 17.2 Å². The molecular weight excluding hydrogens is 438 g/mol. The highest BCUT2D eigenvalue weighted by atomic mass is 16.5. The Morgan fingerprint density at radius 1 is 0.543 bits per heavy atom. The molecule has 5 heteroatoms. The van der Waals surface area contributed by atoms with Crippen molar-refractivity contribution in [2.24, 2.45) is 0 Å². The Balaban J connectivity index is 1.80. The number of hydrogen-bond acceptors (Lipinski definition) is 5.